The van der Waals surface area contributed by atoms with Crippen LogP contribution in [-0.2, 0) is 9.47 Å². The van der Waals surface area contributed by atoms with Crippen molar-refractivity contribution in [3.63, 3.8) is 0 Å². The minimum absolute atomic E-state index is 0. The van der Waals surface area contributed by atoms with Gasteiger partial charge in [-0.25, -0.2) is 0 Å². The summed E-state index contributed by atoms with van der Waals surface area (Å²) in [7, 11) is 0. The van der Waals surface area contributed by atoms with Crippen LogP contribution in [0.4, 0.5) is 0 Å². The fraction of sp³-hybridized carbons (Fsp3) is 0.812. The molecule has 2 nitrogen and oxygen atoms in total. The van der Waals surface area contributed by atoms with Gasteiger partial charge in [-0.05, 0) is 12.8 Å². The normalized spacial score (nSPS) is 10.3. The molecule has 0 heterocycles. The summed E-state index contributed by atoms with van der Waals surface area (Å²) in [6, 6.07) is 0. The Morgan fingerprint density at radius 2 is 1.45 bits per heavy atom. The predicted octanol–water partition coefficient (Wildman–Crippen LogP) is 1.52. The van der Waals surface area contributed by atoms with Gasteiger partial charge in [-0.3, -0.25) is 0 Å². The summed E-state index contributed by atoms with van der Waals surface area (Å²) in [6.07, 6.45) is 15.2. The average Bonchev–Trinajstić information content (AvgIpc) is 2.39. The first-order valence-electron chi connectivity index (χ1n) is 7.51. The van der Waals surface area contributed by atoms with Crippen LogP contribution in [-0.4, -0.2) is 43.1 Å². The summed E-state index contributed by atoms with van der Waals surface area (Å²) >= 11 is 0. The smallest absolute Gasteiger partial charge is 1.00 e. The molecule has 0 radical (unpaired) electrons. The van der Waals surface area contributed by atoms with Crippen molar-refractivity contribution in [3.05, 3.63) is 19.1 Å². The fourth-order valence-electron chi connectivity index (χ4n) is 1.73. The van der Waals surface area contributed by atoms with E-state index in [1.165, 1.54) is 38.5 Å². The van der Waals surface area contributed by atoms with E-state index < -0.39 is 0 Å². The maximum Gasteiger partial charge on any atom is 2.00 e. The van der Waals surface area contributed by atoms with Gasteiger partial charge in [0.2, 0.25) is 0 Å². The largest absolute Gasteiger partial charge is 2.00 e. The van der Waals surface area contributed by atoms with Gasteiger partial charge in [-0.2, -0.15) is 6.42 Å². The molecule has 0 saturated carbocycles. The Balaban J connectivity index is -0.00000144. The Morgan fingerprint density at radius 3 is 2.10 bits per heavy atom. The molecular formula is C16H31ClMgO2. The van der Waals surface area contributed by atoms with E-state index in [2.05, 4.69) is 26.0 Å². The number of hydrogen-bond donors (Lipinski definition) is 0. The second kappa shape index (κ2) is 24.7. The Morgan fingerprint density at radius 1 is 0.850 bits per heavy atom. The number of ether oxygens (including phenoxy) is 2. The zero-order valence-corrected chi connectivity index (χ0v) is 15.4. The minimum Gasteiger partial charge on any atom is -1.00 e. The molecule has 0 rings (SSSR count). The second-order valence-corrected chi connectivity index (χ2v) is 4.60. The summed E-state index contributed by atoms with van der Waals surface area (Å²) in [5.74, 6) is 0. The Labute approximate surface area is 148 Å². The van der Waals surface area contributed by atoms with Gasteiger partial charge in [0.05, 0.1) is 6.61 Å². The molecule has 0 aromatic rings. The van der Waals surface area contributed by atoms with E-state index in [1.54, 1.807) is 0 Å². The number of halogens is 1. The van der Waals surface area contributed by atoms with Crippen LogP contribution in [0.2, 0.25) is 0 Å². The van der Waals surface area contributed by atoms with Crippen LogP contribution < -0.4 is 12.4 Å². The van der Waals surface area contributed by atoms with E-state index in [9.17, 15) is 0 Å². The number of unbranched alkanes of at least 4 members (excludes halogenated alkanes) is 6. The van der Waals surface area contributed by atoms with Crippen LogP contribution in [0.5, 0.6) is 0 Å². The van der Waals surface area contributed by atoms with Crippen molar-refractivity contribution >= 4 is 23.1 Å². The summed E-state index contributed by atoms with van der Waals surface area (Å²) < 4.78 is 10.8. The van der Waals surface area contributed by atoms with E-state index in [0.717, 1.165) is 32.5 Å². The van der Waals surface area contributed by atoms with Crippen LogP contribution >= 0.6 is 0 Å². The minimum atomic E-state index is 0. The molecule has 0 aliphatic rings. The standard InChI is InChI=1S/C16H31O2.ClH.Mg/c1-3-5-7-9-10-11-13-15-18-16-17-14-12-8-6-4-2;;/h6,8H,2-5,7,9-16H2,1H3;1H;/q-1;;+2/p-1/b8-6+;;. The van der Waals surface area contributed by atoms with Crippen molar-refractivity contribution in [1.82, 2.24) is 0 Å². The van der Waals surface area contributed by atoms with Crippen molar-refractivity contribution < 1.29 is 21.9 Å². The third kappa shape index (κ3) is 23.8. The molecule has 0 aliphatic carbocycles. The molecule has 20 heavy (non-hydrogen) atoms. The van der Waals surface area contributed by atoms with E-state index in [0.29, 0.717) is 6.79 Å². The van der Waals surface area contributed by atoms with Crippen LogP contribution in [0.25, 0.3) is 0 Å². The fourth-order valence-corrected chi connectivity index (χ4v) is 1.73. The second-order valence-electron chi connectivity index (χ2n) is 4.60. The third-order valence-corrected chi connectivity index (χ3v) is 2.82. The first-order valence-corrected chi connectivity index (χ1v) is 7.51. The molecule has 0 fully saturated rings. The summed E-state index contributed by atoms with van der Waals surface area (Å²) in [6.45, 7) is 8.00. The van der Waals surface area contributed by atoms with E-state index in [-0.39, 0.29) is 35.5 Å². The van der Waals surface area contributed by atoms with Gasteiger partial charge in [-0.1, -0.05) is 51.5 Å². The first kappa shape index (κ1) is 25.7. The molecular weight excluding hydrogens is 284 g/mol. The Bertz CT molecular complexity index is 178. The number of rotatable bonds is 14. The maximum atomic E-state index is 5.41. The molecule has 0 aromatic carbocycles. The average molecular weight is 315 g/mol. The molecule has 0 saturated heterocycles. The molecule has 0 bridgehead atoms. The molecule has 0 aliphatic heterocycles. The van der Waals surface area contributed by atoms with Crippen molar-refractivity contribution in [3.8, 4) is 0 Å². The van der Waals surface area contributed by atoms with Gasteiger partial charge in [0.15, 0.2) is 0 Å². The van der Waals surface area contributed by atoms with Gasteiger partial charge in [0.1, 0.15) is 6.79 Å². The number of hydrogen-bond acceptors (Lipinski definition) is 2. The molecule has 0 unspecified atom stereocenters. The van der Waals surface area contributed by atoms with Crippen LogP contribution in [0.15, 0.2) is 12.2 Å². The first-order chi connectivity index (χ1) is 8.91. The maximum absolute atomic E-state index is 5.41. The van der Waals surface area contributed by atoms with Gasteiger partial charge in [0, 0.05) is 6.61 Å². The van der Waals surface area contributed by atoms with Crippen molar-refractivity contribution in [2.45, 2.75) is 64.7 Å². The van der Waals surface area contributed by atoms with Crippen LogP contribution in [0, 0.1) is 6.92 Å². The quantitative estimate of drug-likeness (QED) is 0.159. The summed E-state index contributed by atoms with van der Waals surface area (Å²) in [5, 5.41) is 0. The topological polar surface area (TPSA) is 18.5 Å². The summed E-state index contributed by atoms with van der Waals surface area (Å²) in [4.78, 5) is 0. The molecule has 0 spiro atoms. The molecule has 0 aromatic heterocycles. The molecule has 0 atom stereocenters. The van der Waals surface area contributed by atoms with Crippen LogP contribution in [0.3, 0.4) is 0 Å². The zero-order chi connectivity index (χ0) is 13.3. The molecule has 116 valence electrons. The van der Waals surface area contributed by atoms with Crippen molar-refractivity contribution in [2.24, 2.45) is 0 Å². The number of allylic oxidation sites excluding steroid dienone is 1. The SMILES string of the molecule is [CH2-]C/C=C/CCOCOCCCCCCCCC.[Cl-].[Mg+2]. The summed E-state index contributed by atoms with van der Waals surface area (Å²) in [5.41, 5.74) is 0. The van der Waals surface area contributed by atoms with Gasteiger partial charge in [-0.15, -0.1) is 6.08 Å². The van der Waals surface area contributed by atoms with Gasteiger partial charge in [0.25, 0.3) is 0 Å². The molecule has 0 N–H and O–H groups in total. The van der Waals surface area contributed by atoms with E-state index in [4.69, 9.17) is 9.47 Å². The van der Waals surface area contributed by atoms with E-state index in [1.807, 2.05) is 0 Å². The predicted molar refractivity (Wildman–Crippen MR) is 84.2 cm³/mol. The third-order valence-electron chi connectivity index (χ3n) is 2.82. The van der Waals surface area contributed by atoms with Crippen LogP contribution in [0.1, 0.15) is 64.7 Å². The molecule has 4 heteroatoms. The zero-order valence-electron chi connectivity index (χ0n) is 13.2. The molecule has 0 amide bonds. The van der Waals surface area contributed by atoms with Gasteiger partial charge >= 0.3 is 23.1 Å². The monoisotopic (exact) mass is 314 g/mol. The Hall–Kier alpha value is 0.716. The van der Waals surface area contributed by atoms with E-state index >= 15 is 0 Å². The van der Waals surface area contributed by atoms with Gasteiger partial charge < -0.3 is 28.8 Å². The Kier molecular flexibility index (Phi) is 31.7. The van der Waals surface area contributed by atoms with Crippen molar-refractivity contribution in [1.29, 1.82) is 0 Å². The van der Waals surface area contributed by atoms with Crippen molar-refractivity contribution in [2.75, 3.05) is 20.0 Å².